The van der Waals surface area contributed by atoms with E-state index in [2.05, 4.69) is 5.32 Å². The molecule has 1 unspecified atom stereocenters. The van der Waals surface area contributed by atoms with Gasteiger partial charge in [0, 0.05) is 12.6 Å². The van der Waals surface area contributed by atoms with Crippen LogP contribution >= 0.6 is 0 Å². The second kappa shape index (κ2) is 7.09. The number of nitro groups is 1. The van der Waals surface area contributed by atoms with Gasteiger partial charge in [-0.25, -0.2) is 0 Å². The molecule has 1 aromatic rings. The lowest BCUT2D eigenvalue weighted by molar-refractivity contribution is -0.384. The van der Waals surface area contributed by atoms with E-state index in [1.165, 1.54) is 18.2 Å². The third kappa shape index (κ3) is 4.24. The smallest absolute Gasteiger partial charge is 0.306 e. The summed E-state index contributed by atoms with van der Waals surface area (Å²) in [6, 6.07) is 6.04. The molecule has 0 amide bonds. The number of carbonyl (C=O) groups is 1. The van der Waals surface area contributed by atoms with Crippen molar-refractivity contribution < 1.29 is 14.8 Å². The Bertz CT molecular complexity index is 551. The molecule has 7 heteroatoms. The van der Waals surface area contributed by atoms with Crippen molar-refractivity contribution in [3.63, 3.8) is 0 Å². The molecule has 1 aromatic carbocycles. The van der Waals surface area contributed by atoms with Crippen LogP contribution in [0.1, 0.15) is 25.3 Å². The summed E-state index contributed by atoms with van der Waals surface area (Å²) in [7, 11) is 0. The Hall–Kier alpha value is -2.62. The third-order valence-electron chi connectivity index (χ3n) is 2.87. The fourth-order valence-electron chi connectivity index (χ4n) is 1.66. The predicted molar refractivity (Wildman–Crippen MR) is 72.3 cm³/mol. The Labute approximate surface area is 116 Å². The summed E-state index contributed by atoms with van der Waals surface area (Å²) in [4.78, 5) is 21.0. The first kappa shape index (κ1) is 15.4. The van der Waals surface area contributed by atoms with E-state index in [9.17, 15) is 14.9 Å². The van der Waals surface area contributed by atoms with E-state index in [-0.39, 0.29) is 11.3 Å². The van der Waals surface area contributed by atoms with E-state index < -0.39 is 16.8 Å². The van der Waals surface area contributed by atoms with Crippen LogP contribution in [0.5, 0.6) is 0 Å². The van der Waals surface area contributed by atoms with Crippen LogP contribution in [-0.2, 0) is 4.79 Å². The molecule has 7 nitrogen and oxygen atoms in total. The Morgan fingerprint density at radius 3 is 2.85 bits per heavy atom. The second-order valence-corrected chi connectivity index (χ2v) is 4.41. The SMILES string of the molecule is CC(CCCNc1ccc(C#N)cc1[N+](=O)[O-])C(=O)O. The molecule has 0 fully saturated rings. The molecule has 0 aliphatic rings. The van der Waals surface area contributed by atoms with Gasteiger partial charge in [0.2, 0.25) is 0 Å². The molecule has 0 saturated heterocycles. The molecule has 0 bridgehead atoms. The molecule has 20 heavy (non-hydrogen) atoms. The second-order valence-electron chi connectivity index (χ2n) is 4.41. The lowest BCUT2D eigenvalue weighted by atomic mass is 10.1. The van der Waals surface area contributed by atoms with Gasteiger partial charge in [-0.05, 0) is 25.0 Å². The average Bonchev–Trinajstić information content (AvgIpc) is 2.42. The molecule has 0 aliphatic heterocycles. The van der Waals surface area contributed by atoms with Crippen LogP contribution in [0.4, 0.5) is 11.4 Å². The highest BCUT2D eigenvalue weighted by Crippen LogP contribution is 2.25. The number of carboxylic acid groups (broad SMARTS) is 1. The number of hydrogen-bond donors (Lipinski definition) is 2. The number of nitrogens with one attached hydrogen (secondary N) is 1. The topological polar surface area (TPSA) is 116 Å². The number of hydrogen-bond acceptors (Lipinski definition) is 5. The first-order valence-corrected chi connectivity index (χ1v) is 6.11. The molecule has 0 spiro atoms. The van der Waals surface area contributed by atoms with Crippen molar-refractivity contribution in [2.45, 2.75) is 19.8 Å². The minimum Gasteiger partial charge on any atom is -0.481 e. The van der Waals surface area contributed by atoms with Crippen LogP contribution in [0, 0.1) is 27.4 Å². The van der Waals surface area contributed by atoms with E-state index in [4.69, 9.17) is 10.4 Å². The first-order chi connectivity index (χ1) is 9.45. The van der Waals surface area contributed by atoms with Gasteiger partial charge in [-0.1, -0.05) is 6.92 Å². The van der Waals surface area contributed by atoms with Crippen molar-refractivity contribution >= 4 is 17.3 Å². The number of rotatable bonds is 7. The van der Waals surface area contributed by atoms with Crippen molar-refractivity contribution in [3.05, 3.63) is 33.9 Å². The number of aliphatic carboxylic acids is 1. The number of nitro benzene ring substituents is 1. The third-order valence-corrected chi connectivity index (χ3v) is 2.87. The van der Waals surface area contributed by atoms with Gasteiger partial charge in [-0.15, -0.1) is 0 Å². The number of nitriles is 1. The van der Waals surface area contributed by atoms with Gasteiger partial charge in [-0.2, -0.15) is 5.26 Å². The summed E-state index contributed by atoms with van der Waals surface area (Å²) in [5.41, 5.74) is 0.397. The average molecular weight is 277 g/mol. The molecule has 0 heterocycles. The molecule has 0 radical (unpaired) electrons. The van der Waals surface area contributed by atoms with Gasteiger partial charge < -0.3 is 10.4 Å². The van der Waals surface area contributed by atoms with Crippen molar-refractivity contribution in [2.75, 3.05) is 11.9 Å². The summed E-state index contributed by atoms with van der Waals surface area (Å²) in [6.07, 6.45) is 1.08. The minimum absolute atomic E-state index is 0.157. The van der Waals surface area contributed by atoms with Crippen LogP contribution in [0.2, 0.25) is 0 Å². The molecular weight excluding hydrogens is 262 g/mol. The van der Waals surface area contributed by atoms with Crippen molar-refractivity contribution in [1.82, 2.24) is 0 Å². The molecule has 2 N–H and O–H groups in total. The van der Waals surface area contributed by atoms with Gasteiger partial charge in [0.15, 0.2) is 0 Å². The summed E-state index contributed by atoms with van der Waals surface area (Å²) >= 11 is 0. The maximum Gasteiger partial charge on any atom is 0.306 e. The van der Waals surface area contributed by atoms with Crippen LogP contribution < -0.4 is 5.32 Å². The standard InChI is InChI=1S/C13H15N3O4/c1-9(13(17)18)3-2-6-15-11-5-4-10(8-14)7-12(11)16(19)20/h4-5,7,9,15H,2-3,6H2,1H3,(H,17,18). The Morgan fingerprint density at radius 2 is 2.30 bits per heavy atom. The summed E-state index contributed by atoms with van der Waals surface area (Å²) < 4.78 is 0. The van der Waals surface area contributed by atoms with E-state index in [1.54, 1.807) is 6.92 Å². The quantitative estimate of drug-likeness (QED) is 0.449. The van der Waals surface area contributed by atoms with Gasteiger partial charge in [0.1, 0.15) is 5.69 Å². The summed E-state index contributed by atoms with van der Waals surface area (Å²) in [6.45, 7) is 2.05. The molecule has 1 rings (SSSR count). The van der Waals surface area contributed by atoms with Crippen LogP contribution in [0.25, 0.3) is 0 Å². The van der Waals surface area contributed by atoms with Crippen LogP contribution in [-0.4, -0.2) is 22.5 Å². The van der Waals surface area contributed by atoms with Crippen LogP contribution in [0.3, 0.4) is 0 Å². The monoisotopic (exact) mass is 277 g/mol. The maximum atomic E-state index is 10.9. The largest absolute Gasteiger partial charge is 0.481 e. The number of benzene rings is 1. The zero-order chi connectivity index (χ0) is 15.1. The molecule has 106 valence electrons. The van der Waals surface area contributed by atoms with Crippen molar-refractivity contribution in [1.29, 1.82) is 5.26 Å². The van der Waals surface area contributed by atoms with Gasteiger partial charge in [-0.3, -0.25) is 14.9 Å². The normalized spacial score (nSPS) is 11.4. The fourth-order valence-corrected chi connectivity index (χ4v) is 1.66. The Kier molecular flexibility index (Phi) is 5.47. The zero-order valence-corrected chi connectivity index (χ0v) is 11.0. The molecular formula is C13H15N3O4. The molecule has 0 aliphatic carbocycles. The van der Waals surface area contributed by atoms with E-state index in [1.807, 2.05) is 6.07 Å². The summed E-state index contributed by atoms with van der Waals surface area (Å²) in [5.74, 6) is -1.29. The van der Waals surface area contributed by atoms with Gasteiger partial charge in [0.25, 0.3) is 5.69 Å². The lowest BCUT2D eigenvalue weighted by Gasteiger charge is -2.09. The molecule has 0 saturated carbocycles. The van der Waals surface area contributed by atoms with E-state index >= 15 is 0 Å². The zero-order valence-electron chi connectivity index (χ0n) is 11.0. The molecule has 0 aromatic heterocycles. The van der Waals surface area contributed by atoms with Crippen molar-refractivity contribution in [2.24, 2.45) is 5.92 Å². The molecule has 1 atom stereocenters. The van der Waals surface area contributed by atoms with Gasteiger partial charge >= 0.3 is 5.97 Å². The highest BCUT2D eigenvalue weighted by molar-refractivity contribution is 5.69. The van der Waals surface area contributed by atoms with E-state index in [0.717, 1.165) is 0 Å². The first-order valence-electron chi connectivity index (χ1n) is 6.11. The Balaban J connectivity index is 2.62. The predicted octanol–water partition coefficient (Wildman–Crippen LogP) is 2.38. The minimum atomic E-state index is -0.852. The number of carboxylic acids is 1. The lowest BCUT2D eigenvalue weighted by Crippen LogP contribution is -2.12. The fraction of sp³-hybridized carbons (Fsp3) is 0.385. The number of anilines is 1. The number of nitrogens with zero attached hydrogens (tertiary/aromatic N) is 2. The highest BCUT2D eigenvalue weighted by Gasteiger charge is 2.15. The maximum absolute atomic E-state index is 10.9. The van der Waals surface area contributed by atoms with Crippen molar-refractivity contribution in [3.8, 4) is 6.07 Å². The Morgan fingerprint density at radius 1 is 1.60 bits per heavy atom. The highest BCUT2D eigenvalue weighted by atomic mass is 16.6. The summed E-state index contributed by atoms with van der Waals surface area (Å²) in [5, 5.41) is 31.2. The van der Waals surface area contributed by atoms with Crippen LogP contribution in [0.15, 0.2) is 18.2 Å². The van der Waals surface area contributed by atoms with Gasteiger partial charge in [0.05, 0.1) is 22.5 Å². The van der Waals surface area contributed by atoms with E-state index in [0.29, 0.717) is 25.1 Å².